The van der Waals surface area contributed by atoms with Crippen LogP contribution >= 0.6 is 27.7 Å². The molecule has 0 spiro atoms. The second-order valence-corrected chi connectivity index (χ2v) is 5.09. The van der Waals surface area contributed by atoms with Crippen LogP contribution in [0.5, 0.6) is 0 Å². The van der Waals surface area contributed by atoms with Gasteiger partial charge in [0, 0.05) is 15.9 Å². The predicted molar refractivity (Wildman–Crippen MR) is 70.5 cm³/mol. The number of amides is 1. The maximum atomic E-state index is 11.2. The van der Waals surface area contributed by atoms with Crippen molar-refractivity contribution in [2.24, 2.45) is 0 Å². The first-order chi connectivity index (χ1) is 8.04. The van der Waals surface area contributed by atoms with E-state index in [1.54, 1.807) is 18.2 Å². The van der Waals surface area contributed by atoms with Crippen molar-refractivity contribution in [3.8, 4) is 0 Å². The number of thioether (sulfide) groups is 1. The van der Waals surface area contributed by atoms with E-state index in [4.69, 9.17) is 5.11 Å². The summed E-state index contributed by atoms with van der Waals surface area (Å²) in [5, 5.41) is 11.6. The van der Waals surface area contributed by atoms with Crippen LogP contribution in [0.2, 0.25) is 0 Å². The molecule has 1 aromatic rings. The Hall–Kier alpha value is -1.01. The third kappa shape index (κ3) is 4.40. The number of carboxylic acid groups (broad SMARTS) is 1. The van der Waals surface area contributed by atoms with Crippen molar-refractivity contribution in [1.29, 1.82) is 0 Å². The first-order valence-electron chi connectivity index (χ1n) is 4.97. The lowest BCUT2D eigenvalue weighted by molar-refractivity contribution is -0.118. The molecule has 0 atom stereocenters. The Balaban J connectivity index is 2.69. The Bertz CT molecular complexity index is 437. The van der Waals surface area contributed by atoms with Gasteiger partial charge in [-0.15, -0.1) is 11.8 Å². The Morgan fingerprint density at radius 3 is 2.76 bits per heavy atom. The quantitative estimate of drug-likeness (QED) is 0.818. The summed E-state index contributed by atoms with van der Waals surface area (Å²) in [6.45, 7) is 2.45. The van der Waals surface area contributed by atoms with Gasteiger partial charge in [-0.1, -0.05) is 0 Å². The van der Waals surface area contributed by atoms with E-state index >= 15 is 0 Å². The molecule has 1 aromatic carbocycles. The highest BCUT2D eigenvalue weighted by Crippen LogP contribution is 2.24. The molecule has 17 heavy (non-hydrogen) atoms. The van der Waals surface area contributed by atoms with Gasteiger partial charge >= 0.3 is 5.97 Å². The first kappa shape index (κ1) is 14.1. The molecule has 0 aliphatic carbocycles. The summed E-state index contributed by atoms with van der Waals surface area (Å²) in [5.41, 5.74) is 0.200. The summed E-state index contributed by atoms with van der Waals surface area (Å²) in [6.07, 6.45) is 0. The molecule has 0 radical (unpaired) electrons. The number of nitrogens with one attached hydrogen (secondary N) is 1. The van der Waals surface area contributed by atoms with Crippen molar-refractivity contribution in [3.63, 3.8) is 0 Å². The molecule has 0 heterocycles. The zero-order valence-electron chi connectivity index (χ0n) is 9.20. The highest BCUT2D eigenvalue weighted by atomic mass is 79.9. The SMILES string of the molecule is CCNC(=O)CSc1ccc(Br)c(C(=O)O)c1. The van der Waals surface area contributed by atoms with Crippen molar-refractivity contribution in [2.45, 2.75) is 11.8 Å². The van der Waals surface area contributed by atoms with Gasteiger partial charge in [0.2, 0.25) is 5.91 Å². The number of rotatable bonds is 5. The van der Waals surface area contributed by atoms with Crippen LogP contribution in [0.4, 0.5) is 0 Å². The number of hydrogen-bond donors (Lipinski definition) is 2. The molecule has 0 fully saturated rings. The standard InChI is InChI=1S/C11H12BrNO3S/c1-2-13-10(14)6-17-7-3-4-9(12)8(5-7)11(15)16/h3-5H,2,6H2,1H3,(H,13,14)(H,15,16). The molecule has 92 valence electrons. The Morgan fingerprint density at radius 1 is 1.47 bits per heavy atom. The van der Waals surface area contributed by atoms with E-state index in [1.807, 2.05) is 6.92 Å². The van der Waals surface area contributed by atoms with Gasteiger partial charge in [-0.05, 0) is 41.1 Å². The van der Waals surface area contributed by atoms with Crippen LogP contribution in [0.25, 0.3) is 0 Å². The number of carbonyl (C=O) groups is 2. The minimum absolute atomic E-state index is 0.0581. The predicted octanol–water partition coefficient (Wildman–Crippen LogP) is 2.38. The Kier molecular flexibility index (Phi) is 5.50. The summed E-state index contributed by atoms with van der Waals surface area (Å²) < 4.78 is 0.535. The maximum Gasteiger partial charge on any atom is 0.336 e. The van der Waals surface area contributed by atoms with Crippen molar-refractivity contribution >= 4 is 39.6 Å². The number of benzene rings is 1. The van der Waals surface area contributed by atoms with Crippen molar-refractivity contribution < 1.29 is 14.7 Å². The molecule has 0 saturated carbocycles. The highest BCUT2D eigenvalue weighted by molar-refractivity contribution is 9.10. The van der Waals surface area contributed by atoms with Crippen LogP contribution in [0, 0.1) is 0 Å². The van der Waals surface area contributed by atoms with Crippen molar-refractivity contribution in [2.75, 3.05) is 12.3 Å². The van der Waals surface area contributed by atoms with Gasteiger partial charge in [0.25, 0.3) is 0 Å². The molecule has 0 aliphatic heterocycles. The summed E-state index contributed by atoms with van der Waals surface area (Å²) in [7, 11) is 0. The van der Waals surface area contributed by atoms with Crippen LogP contribution in [-0.2, 0) is 4.79 Å². The van der Waals surface area contributed by atoms with Gasteiger partial charge in [-0.2, -0.15) is 0 Å². The number of hydrogen-bond acceptors (Lipinski definition) is 3. The molecule has 1 rings (SSSR count). The molecular formula is C11H12BrNO3S. The van der Waals surface area contributed by atoms with Gasteiger partial charge in [0.15, 0.2) is 0 Å². The van der Waals surface area contributed by atoms with E-state index in [9.17, 15) is 9.59 Å². The molecule has 4 nitrogen and oxygen atoms in total. The third-order valence-corrected chi connectivity index (χ3v) is 3.60. The number of halogens is 1. The molecule has 0 aliphatic rings. The minimum Gasteiger partial charge on any atom is -0.478 e. The zero-order valence-corrected chi connectivity index (χ0v) is 11.6. The van der Waals surface area contributed by atoms with Crippen molar-refractivity contribution in [3.05, 3.63) is 28.2 Å². The van der Waals surface area contributed by atoms with Gasteiger partial charge in [0.05, 0.1) is 11.3 Å². The van der Waals surface area contributed by atoms with Crippen LogP contribution < -0.4 is 5.32 Å². The molecule has 1 amide bonds. The van der Waals surface area contributed by atoms with Crippen molar-refractivity contribution in [1.82, 2.24) is 5.32 Å². The fraction of sp³-hybridized carbons (Fsp3) is 0.273. The van der Waals surface area contributed by atoms with Gasteiger partial charge in [0.1, 0.15) is 0 Å². The Morgan fingerprint density at radius 2 is 2.18 bits per heavy atom. The van der Waals surface area contributed by atoms with Gasteiger partial charge < -0.3 is 10.4 Å². The molecule has 0 unspecified atom stereocenters. The number of aromatic carboxylic acids is 1. The lowest BCUT2D eigenvalue weighted by Crippen LogP contribution is -2.24. The molecule has 2 N–H and O–H groups in total. The maximum absolute atomic E-state index is 11.2. The molecular weight excluding hydrogens is 306 g/mol. The summed E-state index contributed by atoms with van der Waals surface area (Å²) in [6, 6.07) is 5.00. The van der Waals surface area contributed by atoms with E-state index in [0.717, 1.165) is 4.90 Å². The largest absolute Gasteiger partial charge is 0.478 e. The third-order valence-electron chi connectivity index (χ3n) is 1.91. The monoisotopic (exact) mass is 317 g/mol. The second kappa shape index (κ2) is 6.66. The fourth-order valence-electron chi connectivity index (χ4n) is 1.16. The second-order valence-electron chi connectivity index (χ2n) is 3.19. The van der Waals surface area contributed by atoms with Crippen LogP contribution in [0.15, 0.2) is 27.6 Å². The lowest BCUT2D eigenvalue weighted by atomic mass is 10.2. The minimum atomic E-state index is -0.989. The van der Waals surface area contributed by atoms with Crippen LogP contribution in [0.3, 0.4) is 0 Å². The fourth-order valence-corrected chi connectivity index (χ4v) is 2.34. The van der Waals surface area contributed by atoms with Crippen LogP contribution in [-0.4, -0.2) is 29.3 Å². The number of carboxylic acids is 1. The summed E-state index contributed by atoms with van der Waals surface area (Å²) in [4.78, 5) is 22.9. The zero-order chi connectivity index (χ0) is 12.8. The average Bonchev–Trinajstić information content (AvgIpc) is 2.28. The summed E-state index contributed by atoms with van der Waals surface area (Å²) in [5.74, 6) is -0.760. The summed E-state index contributed by atoms with van der Waals surface area (Å²) >= 11 is 4.48. The normalized spacial score (nSPS) is 10.0. The molecule has 0 aromatic heterocycles. The molecule has 0 saturated heterocycles. The molecule has 6 heteroatoms. The molecule has 0 bridgehead atoms. The van der Waals surface area contributed by atoms with Gasteiger partial charge in [-0.3, -0.25) is 4.79 Å². The average molecular weight is 318 g/mol. The first-order valence-corrected chi connectivity index (χ1v) is 6.74. The lowest BCUT2D eigenvalue weighted by Gasteiger charge is -2.04. The van der Waals surface area contributed by atoms with Crippen LogP contribution in [0.1, 0.15) is 17.3 Å². The number of carbonyl (C=O) groups excluding carboxylic acids is 1. The topological polar surface area (TPSA) is 66.4 Å². The van der Waals surface area contributed by atoms with E-state index in [2.05, 4.69) is 21.2 Å². The van der Waals surface area contributed by atoms with E-state index in [1.165, 1.54) is 11.8 Å². The van der Waals surface area contributed by atoms with E-state index < -0.39 is 5.97 Å². The smallest absolute Gasteiger partial charge is 0.336 e. The highest BCUT2D eigenvalue weighted by Gasteiger charge is 2.10. The van der Waals surface area contributed by atoms with E-state index in [-0.39, 0.29) is 17.2 Å². The van der Waals surface area contributed by atoms with Gasteiger partial charge in [-0.25, -0.2) is 4.79 Å². The Labute approximate surface area is 112 Å². The van der Waals surface area contributed by atoms with E-state index in [0.29, 0.717) is 11.0 Å².